The number of anilines is 1. The van der Waals surface area contributed by atoms with Gasteiger partial charge in [-0.15, -0.1) is 0 Å². The van der Waals surface area contributed by atoms with E-state index in [1.165, 1.54) is 18.5 Å². The molecule has 5 heteroatoms. The summed E-state index contributed by atoms with van der Waals surface area (Å²) in [4.78, 5) is 28.1. The number of hydrogen-bond acceptors (Lipinski definition) is 3. The van der Waals surface area contributed by atoms with Crippen LogP contribution in [-0.4, -0.2) is 42.4 Å². The fraction of sp³-hybridized carbons (Fsp3) is 0.556. The van der Waals surface area contributed by atoms with E-state index < -0.39 is 0 Å². The standard InChI is InChI=1S/C18H25N3O2/c1-14(21-11-5-8-17(21)22)18(23)19-13-15-6-4-7-16(12-15)20-9-2-3-10-20/h4,6-7,12,14H,2-3,5,8-11,13H2,1H3,(H,19,23)/t14-/m1/s1. The number of nitrogens with zero attached hydrogens (tertiary/aromatic N) is 2. The normalized spacial score (nSPS) is 19.3. The Bertz CT molecular complexity index is 581. The van der Waals surface area contributed by atoms with E-state index in [1.807, 2.05) is 12.1 Å². The molecule has 3 rings (SSSR count). The van der Waals surface area contributed by atoms with E-state index in [0.29, 0.717) is 19.5 Å². The Labute approximate surface area is 137 Å². The van der Waals surface area contributed by atoms with Crippen LogP contribution in [0.2, 0.25) is 0 Å². The maximum absolute atomic E-state index is 12.3. The second-order valence-electron chi connectivity index (χ2n) is 6.45. The molecule has 0 unspecified atom stereocenters. The quantitative estimate of drug-likeness (QED) is 0.903. The third-order valence-corrected chi connectivity index (χ3v) is 4.81. The Morgan fingerprint density at radius 1 is 1.22 bits per heavy atom. The summed E-state index contributed by atoms with van der Waals surface area (Å²) in [5, 5.41) is 2.96. The SMILES string of the molecule is C[C@H](C(=O)NCc1cccc(N2CCCC2)c1)N1CCCC1=O. The van der Waals surface area contributed by atoms with Crippen LogP contribution >= 0.6 is 0 Å². The lowest BCUT2D eigenvalue weighted by Gasteiger charge is -2.23. The molecule has 2 heterocycles. The molecule has 0 aromatic heterocycles. The van der Waals surface area contributed by atoms with Gasteiger partial charge in [0.25, 0.3) is 0 Å². The van der Waals surface area contributed by atoms with Gasteiger partial charge in [0.15, 0.2) is 0 Å². The largest absolute Gasteiger partial charge is 0.372 e. The molecule has 1 N–H and O–H groups in total. The maximum atomic E-state index is 12.3. The lowest BCUT2D eigenvalue weighted by molar-refractivity contribution is -0.136. The van der Waals surface area contributed by atoms with E-state index in [-0.39, 0.29) is 17.9 Å². The molecule has 1 atom stereocenters. The molecule has 124 valence electrons. The Balaban J connectivity index is 1.56. The monoisotopic (exact) mass is 315 g/mol. The smallest absolute Gasteiger partial charge is 0.242 e. The van der Waals surface area contributed by atoms with Gasteiger partial charge in [0.05, 0.1) is 0 Å². The Kier molecular flexibility index (Phi) is 4.84. The van der Waals surface area contributed by atoms with Crippen molar-refractivity contribution in [3.05, 3.63) is 29.8 Å². The summed E-state index contributed by atoms with van der Waals surface area (Å²) in [5.74, 6) is 0.00973. The van der Waals surface area contributed by atoms with Crippen molar-refractivity contribution in [3.8, 4) is 0 Å². The molecule has 2 amide bonds. The van der Waals surface area contributed by atoms with Gasteiger partial charge in [-0.3, -0.25) is 9.59 Å². The lowest BCUT2D eigenvalue weighted by Crippen LogP contribution is -2.45. The van der Waals surface area contributed by atoms with E-state index in [1.54, 1.807) is 11.8 Å². The molecular formula is C18H25N3O2. The molecule has 2 saturated heterocycles. The minimum absolute atomic E-state index is 0.0770. The molecule has 0 radical (unpaired) electrons. The van der Waals surface area contributed by atoms with Crippen molar-refractivity contribution in [1.29, 1.82) is 0 Å². The molecule has 0 aliphatic carbocycles. The summed E-state index contributed by atoms with van der Waals surface area (Å²) in [7, 11) is 0. The van der Waals surface area contributed by atoms with Crippen molar-refractivity contribution in [2.45, 2.75) is 45.2 Å². The second-order valence-corrected chi connectivity index (χ2v) is 6.45. The number of nitrogens with one attached hydrogen (secondary N) is 1. The number of hydrogen-bond donors (Lipinski definition) is 1. The predicted octanol–water partition coefficient (Wildman–Crippen LogP) is 1.91. The number of carbonyl (C=O) groups excluding carboxylic acids is 2. The summed E-state index contributed by atoms with van der Waals surface area (Å²) >= 11 is 0. The number of rotatable bonds is 5. The third kappa shape index (κ3) is 3.66. The van der Waals surface area contributed by atoms with Crippen molar-refractivity contribution < 1.29 is 9.59 Å². The van der Waals surface area contributed by atoms with Gasteiger partial charge in [0.1, 0.15) is 6.04 Å². The molecule has 23 heavy (non-hydrogen) atoms. The average Bonchev–Trinajstić information content (AvgIpc) is 3.23. The first kappa shape index (κ1) is 15.8. The van der Waals surface area contributed by atoms with Crippen LogP contribution in [0.3, 0.4) is 0 Å². The van der Waals surface area contributed by atoms with Crippen molar-refractivity contribution >= 4 is 17.5 Å². The number of likely N-dealkylation sites (tertiary alicyclic amines) is 1. The van der Waals surface area contributed by atoms with Gasteiger partial charge in [0.2, 0.25) is 11.8 Å². The van der Waals surface area contributed by atoms with Gasteiger partial charge < -0.3 is 15.1 Å². The molecule has 1 aromatic rings. The van der Waals surface area contributed by atoms with E-state index in [0.717, 1.165) is 25.1 Å². The molecule has 0 spiro atoms. The highest BCUT2D eigenvalue weighted by molar-refractivity contribution is 5.88. The fourth-order valence-corrected chi connectivity index (χ4v) is 3.40. The summed E-state index contributed by atoms with van der Waals surface area (Å²) in [6, 6.07) is 7.97. The van der Waals surface area contributed by atoms with Crippen molar-refractivity contribution in [3.63, 3.8) is 0 Å². The molecule has 0 saturated carbocycles. The summed E-state index contributed by atoms with van der Waals surface area (Å²) in [5.41, 5.74) is 2.33. The van der Waals surface area contributed by atoms with Crippen LogP contribution in [0.25, 0.3) is 0 Å². The van der Waals surface area contributed by atoms with Crippen molar-refractivity contribution in [1.82, 2.24) is 10.2 Å². The zero-order valence-electron chi connectivity index (χ0n) is 13.8. The first-order chi connectivity index (χ1) is 11.1. The van der Waals surface area contributed by atoms with Crippen LogP contribution in [0.4, 0.5) is 5.69 Å². The number of benzene rings is 1. The average molecular weight is 315 g/mol. The van der Waals surface area contributed by atoms with Crippen LogP contribution in [0, 0.1) is 0 Å². The summed E-state index contributed by atoms with van der Waals surface area (Å²) in [6.07, 6.45) is 3.93. The second kappa shape index (κ2) is 7.02. The lowest BCUT2D eigenvalue weighted by atomic mass is 10.1. The van der Waals surface area contributed by atoms with E-state index in [4.69, 9.17) is 0 Å². The Morgan fingerprint density at radius 2 is 2.00 bits per heavy atom. The number of amides is 2. The highest BCUT2D eigenvalue weighted by Crippen LogP contribution is 2.21. The highest BCUT2D eigenvalue weighted by Gasteiger charge is 2.29. The third-order valence-electron chi connectivity index (χ3n) is 4.81. The highest BCUT2D eigenvalue weighted by atomic mass is 16.2. The molecule has 0 bridgehead atoms. The minimum atomic E-state index is -0.383. The van der Waals surface area contributed by atoms with Crippen molar-refractivity contribution in [2.75, 3.05) is 24.5 Å². The Hall–Kier alpha value is -2.04. The molecule has 1 aromatic carbocycles. The molecule has 2 fully saturated rings. The first-order valence-corrected chi connectivity index (χ1v) is 8.56. The van der Waals surface area contributed by atoms with E-state index in [9.17, 15) is 9.59 Å². The summed E-state index contributed by atoms with van der Waals surface area (Å²) in [6.45, 7) is 5.23. The van der Waals surface area contributed by atoms with Gasteiger partial charge in [-0.05, 0) is 43.9 Å². The van der Waals surface area contributed by atoms with Gasteiger partial charge in [-0.2, -0.15) is 0 Å². The fourth-order valence-electron chi connectivity index (χ4n) is 3.40. The predicted molar refractivity (Wildman–Crippen MR) is 90.1 cm³/mol. The molecule has 2 aliphatic heterocycles. The van der Waals surface area contributed by atoms with Gasteiger partial charge in [0, 0.05) is 38.3 Å². The molecule has 2 aliphatic rings. The van der Waals surface area contributed by atoms with Crippen LogP contribution in [0.15, 0.2) is 24.3 Å². The van der Waals surface area contributed by atoms with Gasteiger partial charge >= 0.3 is 0 Å². The number of carbonyl (C=O) groups is 2. The van der Waals surface area contributed by atoms with Crippen molar-refractivity contribution in [2.24, 2.45) is 0 Å². The minimum Gasteiger partial charge on any atom is -0.372 e. The zero-order chi connectivity index (χ0) is 16.2. The summed E-state index contributed by atoms with van der Waals surface area (Å²) < 4.78 is 0. The van der Waals surface area contributed by atoms with Crippen LogP contribution in [-0.2, 0) is 16.1 Å². The zero-order valence-corrected chi connectivity index (χ0v) is 13.8. The van der Waals surface area contributed by atoms with Gasteiger partial charge in [-0.1, -0.05) is 12.1 Å². The topological polar surface area (TPSA) is 52.7 Å². The van der Waals surface area contributed by atoms with E-state index >= 15 is 0 Å². The van der Waals surface area contributed by atoms with Gasteiger partial charge in [-0.25, -0.2) is 0 Å². The molecule has 5 nitrogen and oxygen atoms in total. The first-order valence-electron chi connectivity index (χ1n) is 8.56. The van der Waals surface area contributed by atoms with Crippen LogP contribution < -0.4 is 10.2 Å². The van der Waals surface area contributed by atoms with Crippen LogP contribution in [0.5, 0.6) is 0 Å². The maximum Gasteiger partial charge on any atom is 0.242 e. The Morgan fingerprint density at radius 3 is 2.70 bits per heavy atom. The van der Waals surface area contributed by atoms with Crippen LogP contribution in [0.1, 0.15) is 38.2 Å². The molecular weight excluding hydrogens is 290 g/mol. The van der Waals surface area contributed by atoms with E-state index in [2.05, 4.69) is 22.3 Å².